The van der Waals surface area contributed by atoms with Crippen LogP contribution in [0, 0.1) is 0 Å². The van der Waals surface area contributed by atoms with Gasteiger partial charge in [-0.3, -0.25) is 19.9 Å². The number of nitrogens with one attached hydrogen (secondary N) is 1. The van der Waals surface area contributed by atoms with Crippen molar-refractivity contribution in [1.82, 2.24) is 20.0 Å². The number of hydrogen-bond acceptors (Lipinski definition) is 7. The Labute approximate surface area is 183 Å². The predicted octanol–water partition coefficient (Wildman–Crippen LogP) is 1.88. The summed E-state index contributed by atoms with van der Waals surface area (Å²) in [5, 5.41) is 3.54. The second kappa shape index (κ2) is 8.92. The van der Waals surface area contributed by atoms with Crippen molar-refractivity contribution in [3.8, 4) is 11.5 Å². The van der Waals surface area contributed by atoms with E-state index in [2.05, 4.69) is 22.0 Å². The number of amides is 3. The van der Waals surface area contributed by atoms with E-state index >= 15 is 0 Å². The number of benzene rings is 1. The largest absolute Gasteiger partial charge is 0.497 e. The lowest BCUT2D eigenvalue weighted by molar-refractivity contribution is -0.138. The van der Waals surface area contributed by atoms with Gasteiger partial charge in [0.2, 0.25) is 0 Å². The van der Waals surface area contributed by atoms with Gasteiger partial charge in [0, 0.05) is 32.7 Å². The van der Waals surface area contributed by atoms with Gasteiger partial charge in [0.15, 0.2) is 0 Å². The minimum absolute atomic E-state index is 0.0947. The number of likely N-dealkylation sites (N-methyl/N-ethyl adjacent to an activating group) is 1. The Morgan fingerprint density at radius 3 is 2.65 bits per heavy atom. The third-order valence-electron chi connectivity index (χ3n) is 6.55. The minimum atomic E-state index is -0.388. The molecule has 3 saturated heterocycles. The SMILES string of the molecule is CCCCCN1C(=O)C2C(NC3N(c4ccc(OC)cc4OC)CCCN23)N(C)C1=O. The zero-order valence-electron chi connectivity index (χ0n) is 18.8. The van der Waals surface area contributed by atoms with Crippen molar-refractivity contribution in [2.45, 2.75) is 51.1 Å². The van der Waals surface area contributed by atoms with Gasteiger partial charge >= 0.3 is 6.03 Å². The van der Waals surface area contributed by atoms with E-state index in [0.717, 1.165) is 56.0 Å². The van der Waals surface area contributed by atoms with Gasteiger partial charge in [0.1, 0.15) is 30.0 Å². The smallest absolute Gasteiger partial charge is 0.327 e. The summed E-state index contributed by atoms with van der Waals surface area (Å²) in [6, 6.07) is 5.16. The molecule has 0 aromatic heterocycles. The summed E-state index contributed by atoms with van der Waals surface area (Å²) in [7, 11) is 5.06. The zero-order valence-corrected chi connectivity index (χ0v) is 18.8. The molecule has 0 spiro atoms. The number of anilines is 1. The van der Waals surface area contributed by atoms with Crippen LogP contribution >= 0.6 is 0 Å². The van der Waals surface area contributed by atoms with E-state index in [9.17, 15) is 9.59 Å². The van der Waals surface area contributed by atoms with Gasteiger partial charge in [0.25, 0.3) is 5.91 Å². The number of carbonyl (C=O) groups excluding carboxylic acids is 2. The van der Waals surface area contributed by atoms with Gasteiger partial charge in [-0.1, -0.05) is 19.8 Å². The molecule has 3 heterocycles. The van der Waals surface area contributed by atoms with Gasteiger partial charge < -0.3 is 19.3 Å². The average molecular weight is 432 g/mol. The number of fused-ring (bicyclic) bond motifs is 3. The van der Waals surface area contributed by atoms with E-state index < -0.39 is 0 Å². The third kappa shape index (κ3) is 3.70. The number of hydrogen-bond donors (Lipinski definition) is 1. The van der Waals surface area contributed by atoms with Gasteiger partial charge in [0.05, 0.1) is 19.9 Å². The molecule has 3 unspecified atom stereocenters. The van der Waals surface area contributed by atoms with E-state index in [1.54, 1.807) is 26.2 Å². The fourth-order valence-corrected chi connectivity index (χ4v) is 4.91. The molecule has 3 atom stereocenters. The first-order valence-corrected chi connectivity index (χ1v) is 11.1. The molecular weight excluding hydrogens is 398 g/mol. The molecule has 170 valence electrons. The summed E-state index contributed by atoms with van der Waals surface area (Å²) >= 11 is 0. The Hall–Kier alpha value is -2.52. The summed E-state index contributed by atoms with van der Waals surface area (Å²) in [5.41, 5.74) is 0.936. The van der Waals surface area contributed by atoms with Crippen molar-refractivity contribution in [3.63, 3.8) is 0 Å². The molecular formula is C22H33N5O4. The standard InChI is InChI=1S/C22H33N5O4/c1-5-6-7-11-27-20(28)18-19(24(2)22(27)29)23-21-25(12-8-13-26(18)21)16-10-9-15(30-3)14-17(16)31-4/h9-10,14,18-19,21,23H,5-8,11-13H2,1-4H3. The van der Waals surface area contributed by atoms with Crippen molar-refractivity contribution >= 4 is 17.6 Å². The van der Waals surface area contributed by atoms with Crippen LogP contribution in [0.15, 0.2) is 18.2 Å². The molecule has 0 aliphatic carbocycles. The van der Waals surface area contributed by atoms with E-state index in [1.807, 2.05) is 18.2 Å². The topological polar surface area (TPSA) is 77.6 Å². The third-order valence-corrected chi connectivity index (χ3v) is 6.55. The fourth-order valence-electron chi connectivity index (χ4n) is 4.91. The lowest BCUT2D eigenvalue weighted by Crippen LogP contribution is -2.66. The average Bonchev–Trinajstić information content (AvgIpc) is 3.19. The monoisotopic (exact) mass is 431 g/mol. The first-order valence-electron chi connectivity index (χ1n) is 11.1. The van der Waals surface area contributed by atoms with Gasteiger partial charge in [-0.2, -0.15) is 0 Å². The Balaban J connectivity index is 1.61. The van der Waals surface area contributed by atoms with Gasteiger partial charge in [-0.15, -0.1) is 0 Å². The van der Waals surface area contributed by atoms with Crippen molar-refractivity contribution < 1.29 is 19.1 Å². The number of ether oxygens (including phenoxy) is 2. The number of unbranched alkanes of at least 4 members (excludes halogenated alkanes) is 2. The highest BCUT2D eigenvalue weighted by atomic mass is 16.5. The molecule has 0 radical (unpaired) electrons. The van der Waals surface area contributed by atoms with Crippen molar-refractivity contribution in [2.24, 2.45) is 0 Å². The van der Waals surface area contributed by atoms with Crippen LogP contribution in [0.3, 0.4) is 0 Å². The Morgan fingerprint density at radius 2 is 1.94 bits per heavy atom. The summed E-state index contributed by atoms with van der Waals surface area (Å²) in [5.74, 6) is 1.35. The maximum Gasteiger partial charge on any atom is 0.327 e. The van der Waals surface area contributed by atoms with E-state index in [-0.39, 0.29) is 30.4 Å². The van der Waals surface area contributed by atoms with E-state index in [0.29, 0.717) is 6.54 Å². The molecule has 1 aromatic rings. The Kier molecular flexibility index (Phi) is 6.24. The predicted molar refractivity (Wildman–Crippen MR) is 117 cm³/mol. The maximum atomic E-state index is 13.4. The molecule has 9 nitrogen and oxygen atoms in total. The summed E-state index contributed by atoms with van der Waals surface area (Å²) < 4.78 is 11.0. The fraction of sp³-hybridized carbons (Fsp3) is 0.636. The number of nitrogens with zero attached hydrogens (tertiary/aromatic N) is 4. The summed E-state index contributed by atoms with van der Waals surface area (Å²) in [4.78, 5) is 33.8. The van der Waals surface area contributed by atoms with Crippen LogP contribution in [0.2, 0.25) is 0 Å². The molecule has 31 heavy (non-hydrogen) atoms. The number of imide groups is 1. The van der Waals surface area contributed by atoms with Crippen molar-refractivity contribution in [2.75, 3.05) is 45.8 Å². The summed E-state index contributed by atoms with van der Waals surface area (Å²) in [6.07, 6.45) is 3.26. The minimum Gasteiger partial charge on any atom is -0.497 e. The normalized spacial score (nSPS) is 26.2. The van der Waals surface area contributed by atoms with Crippen LogP contribution in [0.4, 0.5) is 10.5 Å². The molecule has 3 fully saturated rings. The molecule has 0 bridgehead atoms. The number of urea groups is 1. The highest BCUT2D eigenvalue weighted by molar-refractivity contribution is 6.00. The Bertz CT molecular complexity index is 834. The maximum absolute atomic E-state index is 13.4. The van der Waals surface area contributed by atoms with E-state index in [1.165, 1.54) is 4.90 Å². The second-order valence-corrected chi connectivity index (χ2v) is 8.34. The van der Waals surface area contributed by atoms with Crippen LogP contribution in [0.1, 0.15) is 32.6 Å². The molecule has 3 amide bonds. The van der Waals surface area contributed by atoms with E-state index in [4.69, 9.17) is 9.47 Å². The van der Waals surface area contributed by atoms with Crippen molar-refractivity contribution in [3.05, 3.63) is 18.2 Å². The van der Waals surface area contributed by atoms with Crippen LogP contribution in [-0.2, 0) is 4.79 Å². The highest BCUT2D eigenvalue weighted by Gasteiger charge is 2.56. The number of methoxy groups -OCH3 is 2. The quantitative estimate of drug-likeness (QED) is 0.661. The first kappa shape index (κ1) is 21.7. The Morgan fingerprint density at radius 1 is 1.13 bits per heavy atom. The molecule has 9 heteroatoms. The van der Waals surface area contributed by atoms with Crippen LogP contribution in [0.25, 0.3) is 0 Å². The summed E-state index contributed by atoms with van der Waals surface area (Å²) in [6.45, 7) is 4.21. The number of rotatable bonds is 7. The second-order valence-electron chi connectivity index (χ2n) is 8.34. The highest BCUT2D eigenvalue weighted by Crippen LogP contribution is 2.38. The molecule has 3 aliphatic heterocycles. The zero-order chi connectivity index (χ0) is 22.1. The number of carbonyl (C=O) groups is 2. The van der Waals surface area contributed by atoms with Crippen LogP contribution in [0.5, 0.6) is 11.5 Å². The molecule has 4 rings (SSSR count). The molecule has 1 aromatic carbocycles. The van der Waals surface area contributed by atoms with Crippen LogP contribution in [-0.4, -0.2) is 86.0 Å². The first-order chi connectivity index (χ1) is 15.0. The van der Waals surface area contributed by atoms with Crippen LogP contribution < -0.4 is 19.7 Å². The molecule has 3 aliphatic rings. The van der Waals surface area contributed by atoms with Crippen molar-refractivity contribution in [1.29, 1.82) is 0 Å². The lowest BCUT2D eigenvalue weighted by atomic mass is 10.1. The van der Waals surface area contributed by atoms with Gasteiger partial charge in [-0.25, -0.2) is 4.79 Å². The lowest BCUT2D eigenvalue weighted by Gasteiger charge is -2.44. The van der Waals surface area contributed by atoms with Gasteiger partial charge in [-0.05, 0) is 25.0 Å². The molecule has 1 N–H and O–H groups in total. The molecule has 0 saturated carbocycles.